The Labute approximate surface area is 249 Å². The van der Waals surface area contributed by atoms with Crippen LogP contribution in [0.25, 0.3) is 6.08 Å². The minimum absolute atomic E-state index is 0.0315. The van der Waals surface area contributed by atoms with Crippen molar-refractivity contribution >= 4 is 85.6 Å². The minimum atomic E-state index is -0.445. The zero-order chi connectivity index (χ0) is 26.8. The van der Waals surface area contributed by atoms with Gasteiger partial charge in [0.05, 0.1) is 15.8 Å². The summed E-state index contributed by atoms with van der Waals surface area (Å²) in [5, 5.41) is 17.4. The lowest BCUT2D eigenvalue weighted by molar-refractivity contribution is -0.114. The van der Waals surface area contributed by atoms with Gasteiger partial charge in [-0.3, -0.25) is 10.2 Å². The average Bonchev–Trinajstić information content (AvgIpc) is 3.32. The van der Waals surface area contributed by atoms with Crippen molar-refractivity contribution < 1.29 is 14.3 Å². The lowest BCUT2D eigenvalue weighted by atomic mass is 9.90. The lowest BCUT2D eigenvalue weighted by Crippen LogP contribution is -2.35. The number of carbonyl (C=O) groups excluding carboxylic acids is 1. The van der Waals surface area contributed by atoms with Gasteiger partial charge >= 0.3 is 0 Å². The molecule has 0 unspecified atom stereocenters. The Kier molecular flexibility index (Phi) is 8.66. The predicted octanol–water partition coefficient (Wildman–Crippen LogP) is 7.78. The smallest absolute Gasteiger partial charge is 0.283 e. The highest BCUT2D eigenvalue weighted by atomic mass is 127. The van der Waals surface area contributed by atoms with E-state index in [2.05, 4.69) is 32.7 Å². The third kappa shape index (κ3) is 5.90. The van der Waals surface area contributed by atoms with Gasteiger partial charge in [0.2, 0.25) is 5.17 Å². The molecular formula is C27H25Cl2IN4O3S. The first-order valence-corrected chi connectivity index (χ1v) is 15.0. The van der Waals surface area contributed by atoms with E-state index in [1.807, 2.05) is 19.1 Å². The summed E-state index contributed by atoms with van der Waals surface area (Å²) in [6.07, 6.45) is 7.47. The molecule has 1 fully saturated rings. The Bertz CT molecular complexity index is 1390. The first-order valence-electron chi connectivity index (χ1n) is 12.4. The summed E-state index contributed by atoms with van der Waals surface area (Å²) < 4.78 is 12.8. The van der Waals surface area contributed by atoms with Gasteiger partial charge in [0.25, 0.3) is 5.91 Å². The number of amides is 1. The maximum absolute atomic E-state index is 12.9. The summed E-state index contributed by atoms with van der Waals surface area (Å²) in [4.78, 5) is 17.2. The topological polar surface area (TPSA) is 87.3 Å². The molecule has 7 nitrogen and oxygen atoms in total. The summed E-state index contributed by atoms with van der Waals surface area (Å²) in [5.41, 5.74) is 1.68. The number of benzene rings is 2. The van der Waals surface area contributed by atoms with Crippen molar-refractivity contribution in [1.29, 1.82) is 5.41 Å². The van der Waals surface area contributed by atoms with Gasteiger partial charge in [-0.15, -0.1) is 0 Å². The lowest BCUT2D eigenvalue weighted by Gasteiger charge is -2.20. The molecule has 3 aliphatic rings. The number of hydrogen-bond donors (Lipinski definition) is 1. The monoisotopic (exact) mass is 682 g/mol. The van der Waals surface area contributed by atoms with Gasteiger partial charge in [-0.05, 0) is 90.0 Å². The number of amidine groups is 2. The number of aliphatic imine (C=N–C) groups is 1. The SMILES string of the molecule is CCOc1cc(/C=C2/C(=N)N3N=C(C4CCCCC4)SC3=NC2=O)cc(I)c1OCc1ccc(Cl)cc1Cl. The molecule has 1 amide bonds. The van der Waals surface area contributed by atoms with Crippen LogP contribution < -0.4 is 9.47 Å². The molecule has 38 heavy (non-hydrogen) atoms. The number of nitrogens with one attached hydrogen (secondary N) is 1. The first kappa shape index (κ1) is 27.5. The molecule has 11 heteroatoms. The normalized spacial score (nSPS) is 18.9. The van der Waals surface area contributed by atoms with Crippen LogP contribution in [0.15, 0.2) is 46.0 Å². The van der Waals surface area contributed by atoms with Crippen LogP contribution in [0.3, 0.4) is 0 Å². The maximum Gasteiger partial charge on any atom is 0.283 e. The van der Waals surface area contributed by atoms with Crippen molar-refractivity contribution in [3.05, 3.63) is 60.6 Å². The fourth-order valence-electron chi connectivity index (χ4n) is 4.55. The fraction of sp³-hybridized carbons (Fsp3) is 0.333. The Morgan fingerprint density at radius 2 is 1.97 bits per heavy atom. The van der Waals surface area contributed by atoms with Crippen molar-refractivity contribution in [3.8, 4) is 11.5 Å². The second-order valence-electron chi connectivity index (χ2n) is 9.08. The summed E-state index contributed by atoms with van der Waals surface area (Å²) in [7, 11) is 0. The molecule has 2 aliphatic heterocycles. The molecule has 0 aromatic heterocycles. The zero-order valence-electron chi connectivity index (χ0n) is 20.6. The quantitative estimate of drug-likeness (QED) is 0.238. The van der Waals surface area contributed by atoms with Crippen molar-refractivity contribution in [1.82, 2.24) is 5.01 Å². The van der Waals surface area contributed by atoms with Gasteiger partial charge in [-0.25, -0.2) is 0 Å². The highest BCUT2D eigenvalue weighted by molar-refractivity contribution is 14.1. The largest absolute Gasteiger partial charge is 0.490 e. The van der Waals surface area contributed by atoms with E-state index in [1.165, 1.54) is 36.0 Å². The summed E-state index contributed by atoms with van der Waals surface area (Å²) in [5.74, 6) is 1.07. The number of fused-ring (bicyclic) bond motifs is 1. The molecule has 5 rings (SSSR count). The first-order chi connectivity index (χ1) is 18.3. The Morgan fingerprint density at radius 1 is 1.18 bits per heavy atom. The van der Waals surface area contributed by atoms with Gasteiger partial charge in [0.1, 0.15) is 11.7 Å². The van der Waals surface area contributed by atoms with Gasteiger partial charge in [0.15, 0.2) is 17.3 Å². The Balaban J connectivity index is 1.40. The molecule has 2 heterocycles. The number of ether oxygens (including phenoxy) is 2. The molecule has 0 saturated heterocycles. The number of carbonyl (C=O) groups is 1. The van der Waals surface area contributed by atoms with Gasteiger partial charge in [0, 0.05) is 21.5 Å². The van der Waals surface area contributed by atoms with E-state index < -0.39 is 5.91 Å². The van der Waals surface area contributed by atoms with Crippen molar-refractivity contribution in [3.63, 3.8) is 0 Å². The third-order valence-electron chi connectivity index (χ3n) is 6.45. The fourth-order valence-corrected chi connectivity index (χ4v) is 6.85. The average molecular weight is 683 g/mol. The van der Waals surface area contributed by atoms with E-state index in [0.717, 1.165) is 27.0 Å². The van der Waals surface area contributed by atoms with E-state index in [-0.39, 0.29) is 18.0 Å². The number of nitrogens with zero attached hydrogens (tertiary/aromatic N) is 3. The van der Waals surface area contributed by atoms with Crippen LogP contribution in [-0.4, -0.2) is 33.6 Å². The number of thioether (sulfide) groups is 1. The second kappa shape index (κ2) is 12.0. The highest BCUT2D eigenvalue weighted by Crippen LogP contribution is 2.38. The predicted molar refractivity (Wildman–Crippen MR) is 163 cm³/mol. The zero-order valence-corrected chi connectivity index (χ0v) is 25.1. The number of halogens is 3. The number of hydrogen-bond acceptors (Lipinski definition) is 6. The van der Waals surface area contributed by atoms with Crippen LogP contribution in [-0.2, 0) is 11.4 Å². The van der Waals surface area contributed by atoms with Crippen LogP contribution in [0, 0.1) is 14.9 Å². The van der Waals surface area contributed by atoms with Crippen molar-refractivity contribution in [2.24, 2.45) is 16.0 Å². The molecule has 0 radical (unpaired) electrons. The second-order valence-corrected chi connectivity index (χ2v) is 12.1. The highest BCUT2D eigenvalue weighted by Gasteiger charge is 2.38. The minimum Gasteiger partial charge on any atom is -0.490 e. The summed E-state index contributed by atoms with van der Waals surface area (Å²) in [6.45, 7) is 2.56. The number of rotatable bonds is 7. The van der Waals surface area contributed by atoms with Crippen molar-refractivity contribution in [2.45, 2.75) is 45.6 Å². The van der Waals surface area contributed by atoms with Crippen LogP contribution >= 0.6 is 57.6 Å². The third-order valence-corrected chi connectivity index (χ3v) is 8.91. The van der Waals surface area contributed by atoms with Gasteiger partial charge in [-0.2, -0.15) is 15.1 Å². The maximum atomic E-state index is 12.9. The molecule has 1 saturated carbocycles. The molecule has 0 atom stereocenters. The Morgan fingerprint density at radius 3 is 2.71 bits per heavy atom. The van der Waals surface area contributed by atoms with Crippen LogP contribution in [0.5, 0.6) is 11.5 Å². The van der Waals surface area contributed by atoms with Gasteiger partial charge < -0.3 is 9.47 Å². The van der Waals surface area contributed by atoms with E-state index in [1.54, 1.807) is 24.3 Å². The van der Waals surface area contributed by atoms with Crippen LogP contribution in [0.1, 0.15) is 50.2 Å². The van der Waals surface area contributed by atoms with Crippen LogP contribution in [0.2, 0.25) is 10.0 Å². The van der Waals surface area contributed by atoms with Crippen LogP contribution in [0.4, 0.5) is 0 Å². The summed E-state index contributed by atoms with van der Waals surface area (Å²) >= 11 is 15.9. The Hall–Kier alpha value is -2.08. The van der Waals surface area contributed by atoms with Gasteiger partial charge in [-0.1, -0.05) is 48.5 Å². The van der Waals surface area contributed by atoms with E-state index in [0.29, 0.717) is 44.8 Å². The standard InChI is InChI=1S/C27H25Cl2IN4O3S/c1-2-36-22-12-15(11-21(30)23(22)37-14-17-8-9-18(28)13-20(17)29)10-19-24(31)34-27(32-25(19)35)38-26(33-34)16-6-4-3-5-7-16/h8-13,16,31H,2-7,14H2,1H3/b19-10-,31-24?. The molecule has 198 valence electrons. The molecule has 2 aromatic rings. The van der Waals surface area contributed by atoms with E-state index in [4.69, 9.17) is 38.1 Å². The van der Waals surface area contributed by atoms with E-state index >= 15 is 0 Å². The molecule has 1 aliphatic carbocycles. The summed E-state index contributed by atoms with van der Waals surface area (Å²) in [6, 6.07) is 8.94. The molecular weight excluding hydrogens is 658 g/mol. The van der Waals surface area contributed by atoms with E-state index in [9.17, 15) is 4.79 Å². The molecule has 0 spiro atoms. The van der Waals surface area contributed by atoms with Crippen molar-refractivity contribution in [2.75, 3.05) is 6.61 Å². The molecule has 0 bridgehead atoms. The molecule has 1 N–H and O–H groups in total. The number of hydrazone groups is 1. The molecule has 2 aromatic carbocycles.